The van der Waals surface area contributed by atoms with Gasteiger partial charge in [-0.15, -0.1) is 0 Å². The molecule has 4 nitrogen and oxygen atoms in total. The summed E-state index contributed by atoms with van der Waals surface area (Å²) in [5.41, 5.74) is 7.34. The molecule has 0 saturated heterocycles. The van der Waals surface area contributed by atoms with Crippen LogP contribution in [-0.4, -0.2) is 14.1 Å². The highest BCUT2D eigenvalue weighted by Gasteiger charge is 2.28. The van der Waals surface area contributed by atoms with Crippen molar-refractivity contribution in [3.63, 3.8) is 0 Å². The lowest BCUT2D eigenvalue weighted by atomic mass is 10.0. The van der Waals surface area contributed by atoms with Gasteiger partial charge in [0.1, 0.15) is 23.9 Å². The molecule has 0 atom stereocenters. The molecule has 0 amide bonds. The minimum atomic E-state index is 0.454. The quantitative estimate of drug-likeness (QED) is 0.478. The Morgan fingerprint density at radius 1 is 1.11 bits per heavy atom. The van der Waals surface area contributed by atoms with E-state index >= 15 is 0 Å². The van der Waals surface area contributed by atoms with E-state index in [0.717, 1.165) is 17.8 Å². The van der Waals surface area contributed by atoms with Gasteiger partial charge in [0.2, 0.25) is 0 Å². The van der Waals surface area contributed by atoms with Gasteiger partial charge < -0.3 is 4.57 Å². The van der Waals surface area contributed by atoms with Gasteiger partial charge in [0.15, 0.2) is 0 Å². The number of hydrogen-bond acceptors (Lipinski definition) is 1. The van der Waals surface area contributed by atoms with Crippen LogP contribution >= 0.6 is 0 Å². The highest BCUT2D eigenvalue weighted by atomic mass is 15.2. The summed E-state index contributed by atoms with van der Waals surface area (Å²) in [4.78, 5) is 4.86. The predicted octanol–water partition coefficient (Wildman–Crippen LogP) is 4.78. The fraction of sp³-hybridized carbons (Fsp3) is 0.250. The van der Waals surface area contributed by atoms with Crippen molar-refractivity contribution in [1.29, 1.82) is 0 Å². The summed E-state index contributed by atoms with van der Waals surface area (Å²) in [6.45, 7) is 6.70. The molecule has 140 valence electrons. The van der Waals surface area contributed by atoms with Crippen LogP contribution in [0, 0.1) is 6.92 Å². The minimum Gasteiger partial charge on any atom is -0.302 e. The van der Waals surface area contributed by atoms with Gasteiger partial charge in [-0.1, -0.05) is 44.2 Å². The molecule has 1 aliphatic rings. The fourth-order valence-corrected chi connectivity index (χ4v) is 4.35. The number of para-hydroxylation sites is 1. The van der Waals surface area contributed by atoms with Crippen LogP contribution in [0.2, 0.25) is 0 Å². The van der Waals surface area contributed by atoms with Crippen molar-refractivity contribution < 1.29 is 4.57 Å². The van der Waals surface area contributed by atoms with Crippen LogP contribution in [0.15, 0.2) is 54.9 Å². The summed E-state index contributed by atoms with van der Waals surface area (Å²) in [5, 5.41) is 0. The highest BCUT2D eigenvalue weighted by Crippen LogP contribution is 2.35. The highest BCUT2D eigenvalue weighted by molar-refractivity contribution is 5.94. The van der Waals surface area contributed by atoms with E-state index in [0.29, 0.717) is 5.92 Å². The van der Waals surface area contributed by atoms with Gasteiger partial charge in [-0.2, -0.15) is 4.57 Å². The second-order valence-corrected chi connectivity index (χ2v) is 7.93. The maximum Gasteiger partial charge on any atom is 0.296 e. The van der Waals surface area contributed by atoms with Gasteiger partial charge in [0, 0.05) is 18.2 Å². The Labute approximate surface area is 165 Å². The Morgan fingerprint density at radius 2 is 1.93 bits per heavy atom. The van der Waals surface area contributed by atoms with Gasteiger partial charge in [0.25, 0.3) is 5.82 Å². The van der Waals surface area contributed by atoms with Gasteiger partial charge in [0.05, 0.1) is 23.6 Å². The van der Waals surface area contributed by atoms with E-state index in [1.165, 1.54) is 33.7 Å². The van der Waals surface area contributed by atoms with Crippen molar-refractivity contribution >= 4 is 17.2 Å². The lowest BCUT2D eigenvalue weighted by Gasteiger charge is -2.13. The van der Waals surface area contributed by atoms with Crippen LogP contribution in [0.1, 0.15) is 36.7 Å². The maximum atomic E-state index is 4.86. The molecule has 0 spiro atoms. The lowest BCUT2D eigenvalue weighted by molar-refractivity contribution is -0.659. The lowest BCUT2D eigenvalue weighted by Crippen LogP contribution is -2.29. The topological polar surface area (TPSA) is 26.6 Å². The maximum absolute atomic E-state index is 4.86. The molecule has 4 heteroatoms. The number of fused-ring (bicyclic) bond motifs is 3. The summed E-state index contributed by atoms with van der Waals surface area (Å²) >= 11 is 0. The SMILES string of the molecule is Cc1ccc2nc3n(c2c1-c1n(-c2ccccc2C(C)C)cc[n+]1C)C=CC3. The number of rotatable bonds is 3. The third-order valence-corrected chi connectivity index (χ3v) is 5.73. The van der Waals surface area contributed by atoms with Crippen LogP contribution in [0.25, 0.3) is 34.3 Å². The normalized spacial score (nSPS) is 13.0. The van der Waals surface area contributed by atoms with E-state index in [1.54, 1.807) is 0 Å². The number of hydrogen-bond donors (Lipinski definition) is 0. The zero-order valence-electron chi connectivity index (χ0n) is 16.8. The Bertz CT molecular complexity index is 1240. The van der Waals surface area contributed by atoms with E-state index in [2.05, 4.69) is 103 Å². The van der Waals surface area contributed by atoms with Crippen LogP contribution in [0.3, 0.4) is 0 Å². The second-order valence-electron chi connectivity index (χ2n) is 7.93. The average molecular weight is 369 g/mol. The fourth-order valence-electron chi connectivity index (χ4n) is 4.35. The number of nitrogens with zero attached hydrogens (tertiary/aromatic N) is 4. The molecular weight excluding hydrogens is 344 g/mol. The monoisotopic (exact) mass is 369 g/mol. The smallest absolute Gasteiger partial charge is 0.296 e. The summed E-state index contributed by atoms with van der Waals surface area (Å²) in [7, 11) is 2.12. The molecule has 0 radical (unpaired) electrons. The van der Waals surface area contributed by atoms with Crippen molar-refractivity contribution in [3.8, 4) is 17.1 Å². The summed E-state index contributed by atoms with van der Waals surface area (Å²) < 4.78 is 6.80. The largest absolute Gasteiger partial charge is 0.302 e. The number of imidazole rings is 2. The van der Waals surface area contributed by atoms with E-state index in [-0.39, 0.29) is 0 Å². The Morgan fingerprint density at radius 3 is 2.75 bits per heavy atom. The number of allylic oxidation sites excluding steroid dienone is 1. The van der Waals surface area contributed by atoms with Gasteiger partial charge in [-0.05, 0) is 30.5 Å². The van der Waals surface area contributed by atoms with Crippen molar-refractivity contribution in [1.82, 2.24) is 14.1 Å². The number of aryl methyl sites for hydroxylation is 2. The van der Waals surface area contributed by atoms with Crippen molar-refractivity contribution in [2.75, 3.05) is 0 Å². The number of aromatic nitrogens is 4. The third kappa shape index (κ3) is 2.37. The third-order valence-electron chi connectivity index (χ3n) is 5.73. The van der Waals surface area contributed by atoms with Crippen LogP contribution in [-0.2, 0) is 13.5 Å². The molecule has 0 saturated carbocycles. The first-order chi connectivity index (χ1) is 13.6. The zero-order chi connectivity index (χ0) is 19.4. The Kier molecular flexibility index (Phi) is 3.76. The first-order valence-electron chi connectivity index (χ1n) is 9.90. The average Bonchev–Trinajstić information content (AvgIpc) is 3.37. The predicted molar refractivity (Wildman–Crippen MR) is 114 cm³/mol. The molecule has 0 aliphatic carbocycles. The molecule has 2 aromatic carbocycles. The summed E-state index contributed by atoms with van der Waals surface area (Å²) in [5.74, 6) is 2.75. The molecule has 0 fully saturated rings. The van der Waals surface area contributed by atoms with E-state index in [1.807, 2.05) is 0 Å². The molecule has 5 rings (SSSR count). The van der Waals surface area contributed by atoms with Gasteiger partial charge in [-0.25, -0.2) is 9.55 Å². The first kappa shape index (κ1) is 17.0. The Balaban J connectivity index is 1.86. The van der Waals surface area contributed by atoms with Gasteiger partial charge in [-0.3, -0.25) is 0 Å². The molecule has 0 unspecified atom stereocenters. The van der Waals surface area contributed by atoms with E-state index in [9.17, 15) is 0 Å². The van der Waals surface area contributed by atoms with Crippen molar-refractivity contribution in [2.24, 2.45) is 7.05 Å². The first-order valence-corrected chi connectivity index (χ1v) is 9.90. The van der Waals surface area contributed by atoms with Crippen LogP contribution < -0.4 is 4.57 Å². The zero-order valence-corrected chi connectivity index (χ0v) is 16.8. The molecule has 4 aromatic rings. The second kappa shape index (κ2) is 6.20. The standard InChI is InChI=1S/C24H25N4/c1-16(2)18-8-5-6-9-20(18)27-15-14-26(4)24(27)22-17(3)11-12-19-23(22)28-13-7-10-21(28)25-19/h5-9,11-16H,10H2,1-4H3/q+1. The van der Waals surface area contributed by atoms with Gasteiger partial charge >= 0.3 is 0 Å². The molecule has 3 heterocycles. The van der Waals surface area contributed by atoms with E-state index < -0.39 is 0 Å². The summed E-state index contributed by atoms with van der Waals surface area (Å²) in [6.07, 6.45) is 9.55. The molecular formula is C24H25N4+. The number of benzene rings is 2. The molecule has 2 aromatic heterocycles. The van der Waals surface area contributed by atoms with Crippen LogP contribution in [0.5, 0.6) is 0 Å². The van der Waals surface area contributed by atoms with Crippen LogP contribution in [0.4, 0.5) is 0 Å². The molecule has 0 bridgehead atoms. The Hall–Kier alpha value is -3.14. The minimum absolute atomic E-state index is 0.454. The summed E-state index contributed by atoms with van der Waals surface area (Å²) in [6, 6.07) is 13.0. The molecule has 28 heavy (non-hydrogen) atoms. The van der Waals surface area contributed by atoms with Crippen molar-refractivity contribution in [2.45, 2.75) is 33.1 Å². The van der Waals surface area contributed by atoms with E-state index in [4.69, 9.17) is 4.98 Å². The molecule has 1 aliphatic heterocycles. The van der Waals surface area contributed by atoms with Crippen molar-refractivity contribution in [3.05, 3.63) is 71.8 Å². The molecule has 0 N–H and O–H groups in total.